The van der Waals surface area contributed by atoms with E-state index < -0.39 is 49.6 Å². The second-order valence-electron chi connectivity index (χ2n) is 3.49. The van der Waals surface area contributed by atoms with E-state index in [4.69, 9.17) is 20.4 Å². The van der Waals surface area contributed by atoms with Crippen LogP contribution in [0.3, 0.4) is 0 Å². The molecule has 0 unspecified atom stereocenters. The van der Waals surface area contributed by atoms with Crippen molar-refractivity contribution in [3.63, 3.8) is 0 Å². The van der Waals surface area contributed by atoms with Crippen LogP contribution in [-0.4, -0.2) is 44.3 Å². The van der Waals surface area contributed by atoms with Gasteiger partial charge in [-0.3, -0.25) is 19.2 Å². The third kappa shape index (κ3) is 12.2. The zero-order valence-electron chi connectivity index (χ0n) is 11.6. The topological polar surface area (TPSA) is 149 Å². The Morgan fingerprint density at radius 2 is 0.750 bits per heavy atom. The molecule has 0 amide bonds. The Kier molecular flexibility index (Phi) is 14.4. The van der Waals surface area contributed by atoms with E-state index in [0.29, 0.717) is 0 Å². The minimum atomic E-state index is -1.35. The quantitative estimate of drug-likeness (QED) is 0.275. The van der Waals surface area contributed by atoms with Gasteiger partial charge in [0.25, 0.3) is 0 Å². The fourth-order valence-electron chi connectivity index (χ4n) is 1.36. The second-order valence-corrected chi connectivity index (χ2v) is 3.49. The molecule has 8 nitrogen and oxygen atoms in total. The molecular weight excluding hydrogens is 327 g/mol. The predicted molar refractivity (Wildman–Crippen MR) is 57.1 cm³/mol. The average Bonchev–Trinajstić information content (AvgIpc) is 2.12. The number of rotatable bonds is 8. The monoisotopic (exact) mass is 340 g/mol. The van der Waals surface area contributed by atoms with Gasteiger partial charge < -0.3 is 21.9 Å². The van der Waals surface area contributed by atoms with Gasteiger partial charge in [0, 0.05) is 17.1 Å². The van der Waals surface area contributed by atoms with Gasteiger partial charge in [0.2, 0.25) is 0 Å². The van der Waals surface area contributed by atoms with Crippen LogP contribution in [0.4, 0.5) is 0 Å². The molecule has 0 aromatic rings. The van der Waals surface area contributed by atoms with Gasteiger partial charge in [0.15, 0.2) is 0 Å². The number of carboxylic acids is 4. The predicted octanol–water partition coefficient (Wildman–Crippen LogP) is -2.70. The van der Waals surface area contributed by atoms with Gasteiger partial charge in [-0.05, 0) is 11.1 Å². The molecule has 0 spiro atoms. The van der Waals surface area contributed by atoms with Crippen molar-refractivity contribution in [3.8, 4) is 0 Å². The van der Waals surface area contributed by atoms with Crippen LogP contribution in [0, 0.1) is 0 Å². The molecule has 0 aromatic heterocycles. The van der Waals surface area contributed by atoms with E-state index in [9.17, 15) is 19.2 Å². The van der Waals surface area contributed by atoms with Crippen molar-refractivity contribution in [1.29, 1.82) is 0 Å². The molecule has 0 heterocycles. The van der Waals surface area contributed by atoms with E-state index in [2.05, 4.69) is 0 Å². The Balaban J connectivity index is -0.000000482. The summed E-state index contributed by atoms with van der Waals surface area (Å²) in [5.41, 5.74) is -0.389. The molecule has 0 saturated heterocycles. The minimum absolute atomic E-state index is 0. The third-order valence-corrected chi connectivity index (χ3v) is 1.96. The van der Waals surface area contributed by atoms with Crippen LogP contribution >= 0.6 is 0 Å². The summed E-state index contributed by atoms with van der Waals surface area (Å²) in [6, 6.07) is 0. The van der Waals surface area contributed by atoms with E-state index >= 15 is 0 Å². The van der Waals surface area contributed by atoms with Crippen LogP contribution in [0.1, 0.15) is 27.1 Å². The Bertz CT molecular complexity index is 349. The number of hydrogen-bond donors (Lipinski definition) is 4. The molecule has 0 radical (unpaired) electrons. The standard InChI is InChI=1S/C10H12O8.Fe.Na.H/c11-7(12)1-5(2-8(13)14)6(3-9(15)16)4-10(17)18;;;/h1-4H2,(H,11,12)(H,13,14)(H,15,16)(H,17,18);;;/q;;+1;-1. The maximum atomic E-state index is 10.5. The van der Waals surface area contributed by atoms with Crippen molar-refractivity contribution in [2.45, 2.75) is 25.7 Å². The Morgan fingerprint density at radius 1 is 0.600 bits per heavy atom. The Hall–Kier alpha value is -0.861. The van der Waals surface area contributed by atoms with Gasteiger partial charge in [-0.1, -0.05) is 0 Å². The summed E-state index contributed by atoms with van der Waals surface area (Å²) in [4.78, 5) is 42.2. The molecule has 0 rings (SSSR count). The minimum Gasteiger partial charge on any atom is -1.00 e. The molecule has 110 valence electrons. The molecular formula is C10H13FeNaO8. The average molecular weight is 340 g/mol. The molecule has 0 saturated carbocycles. The summed E-state index contributed by atoms with van der Waals surface area (Å²) >= 11 is 0. The summed E-state index contributed by atoms with van der Waals surface area (Å²) in [5, 5.41) is 34.4. The van der Waals surface area contributed by atoms with Crippen molar-refractivity contribution in [1.82, 2.24) is 0 Å². The Morgan fingerprint density at radius 3 is 0.850 bits per heavy atom. The summed E-state index contributed by atoms with van der Waals surface area (Å²) in [7, 11) is 0. The van der Waals surface area contributed by atoms with E-state index in [0.717, 1.165) is 0 Å². The molecule has 20 heavy (non-hydrogen) atoms. The van der Waals surface area contributed by atoms with Gasteiger partial charge in [0.1, 0.15) is 0 Å². The van der Waals surface area contributed by atoms with E-state index in [1.165, 1.54) is 0 Å². The molecule has 0 aliphatic heterocycles. The van der Waals surface area contributed by atoms with Crippen LogP contribution in [0.2, 0.25) is 0 Å². The van der Waals surface area contributed by atoms with Gasteiger partial charge in [-0.2, -0.15) is 0 Å². The van der Waals surface area contributed by atoms with Crippen molar-refractivity contribution in [2.75, 3.05) is 0 Å². The summed E-state index contributed by atoms with van der Waals surface area (Å²) in [6.07, 6.45) is -2.77. The molecule has 0 atom stereocenters. The van der Waals surface area contributed by atoms with Crippen LogP contribution in [0.5, 0.6) is 0 Å². The largest absolute Gasteiger partial charge is 1.00 e. The van der Waals surface area contributed by atoms with E-state index in [-0.39, 0.29) is 59.2 Å². The smallest absolute Gasteiger partial charge is 1.00 e. The zero-order chi connectivity index (χ0) is 14.3. The number of aliphatic carboxylic acids is 4. The zero-order valence-corrected chi connectivity index (χ0v) is 13.7. The number of carbonyl (C=O) groups is 4. The molecule has 4 N–H and O–H groups in total. The third-order valence-electron chi connectivity index (χ3n) is 1.96. The van der Waals surface area contributed by atoms with Crippen LogP contribution in [0.25, 0.3) is 0 Å². The van der Waals surface area contributed by atoms with Crippen molar-refractivity contribution in [2.24, 2.45) is 0 Å². The fourth-order valence-corrected chi connectivity index (χ4v) is 1.36. The van der Waals surface area contributed by atoms with E-state index in [1.54, 1.807) is 0 Å². The first-order valence-corrected chi connectivity index (χ1v) is 4.79. The van der Waals surface area contributed by atoms with Crippen LogP contribution in [-0.2, 0) is 36.2 Å². The summed E-state index contributed by atoms with van der Waals surface area (Å²) in [5.74, 6) is -5.39. The SMILES string of the molecule is O=C(O)CC(CC(=O)O)=C(CC(=O)O)CC(=O)O.[Fe].[H-].[Na+]. The maximum absolute atomic E-state index is 10.5. The van der Waals surface area contributed by atoms with Crippen molar-refractivity contribution >= 4 is 23.9 Å². The fraction of sp³-hybridized carbons (Fsp3) is 0.400. The van der Waals surface area contributed by atoms with E-state index in [1.807, 2.05) is 0 Å². The molecule has 0 aromatic carbocycles. The molecule has 0 aliphatic rings. The van der Waals surface area contributed by atoms with Crippen LogP contribution < -0.4 is 29.6 Å². The molecule has 0 bridgehead atoms. The van der Waals surface area contributed by atoms with Gasteiger partial charge in [-0.15, -0.1) is 0 Å². The maximum Gasteiger partial charge on any atom is 1.00 e. The first kappa shape index (κ1) is 24.2. The second kappa shape index (κ2) is 11.9. The van der Waals surface area contributed by atoms with Gasteiger partial charge in [-0.25, -0.2) is 0 Å². The number of hydrogen-bond acceptors (Lipinski definition) is 4. The van der Waals surface area contributed by atoms with Crippen molar-refractivity contribution in [3.05, 3.63) is 11.1 Å². The van der Waals surface area contributed by atoms with Gasteiger partial charge >= 0.3 is 53.4 Å². The summed E-state index contributed by atoms with van der Waals surface area (Å²) in [6.45, 7) is 0. The summed E-state index contributed by atoms with van der Waals surface area (Å²) < 4.78 is 0. The molecule has 10 heteroatoms. The van der Waals surface area contributed by atoms with Crippen LogP contribution in [0.15, 0.2) is 11.1 Å². The number of carboxylic acid groups (broad SMARTS) is 4. The molecule has 0 aliphatic carbocycles. The normalized spacial score (nSPS) is 8.60. The van der Waals surface area contributed by atoms with Crippen molar-refractivity contribution < 1.29 is 87.7 Å². The first-order chi connectivity index (χ1) is 8.22. The molecule has 0 fully saturated rings. The first-order valence-electron chi connectivity index (χ1n) is 4.79. The Labute approximate surface area is 148 Å². The van der Waals surface area contributed by atoms with Gasteiger partial charge in [0.05, 0.1) is 25.7 Å².